The number of carbonyl (C=O) groups is 1. The van der Waals surface area contributed by atoms with Gasteiger partial charge in [-0.15, -0.1) is 0 Å². The van der Waals surface area contributed by atoms with Crippen molar-refractivity contribution in [1.29, 1.82) is 0 Å². The Morgan fingerprint density at radius 3 is 2.50 bits per heavy atom. The number of hydrogen-bond acceptors (Lipinski definition) is 2. The first kappa shape index (κ1) is 18.7. The van der Waals surface area contributed by atoms with Gasteiger partial charge in [-0.1, -0.05) is 48.9 Å². The number of carbonyl (C=O) groups excluding carboxylic acids is 1. The summed E-state index contributed by atoms with van der Waals surface area (Å²) in [6, 6.07) is 16.4. The van der Waals surface area contributed by atoms with Crippen LogP contribution in [0.4, 0.5) is 0 Å². The number of benzene rings is 2. The van der Waals surface area contributed by atoms with Crippen LogP contribution in [0.3, 0.4) is 0 Å². The number of aryl methyl sites for hydroxylation is 1. The maximum absolute atomic E-state index is 12.5. The van der Waals surface area contributed by atoms with Crippen LogP contribution in [0.1, 0.15) is 59.8 Å². The summed E-state index contributed by atoms with van der Waals surface area (Å²) in [5.74, 6) is 0.772. The van der Waals surface area contributed by atoms with Crippen LogP contribution in [0.2, 0.25) is 0 Å². The number of likely N-dealkylation sites (tertiary alicyclic amines) is 1. The lowest BCUT2D eigenvalue weighted by Crippen LogP contribution is -2.33. The summed E-state index contributed by atoms with van der Waals surface area (Å²) >= 11 is 0. The normalized spacial score (nSPS) is 19.1. The van der Waals surface area contributed by atoms with Gasteiger partial charge >= 0.3 is 0 Å². The molecule has 0 bridgehead atoms. The molecule has 0 aliphatic carbocycles. The minimum atomic E-state index is -0.0174. The third-order valence-corrected chi connectivity index (χ3v) is 5.29. The molecule has 1 heterocycles. The Labute approximate surface area is 157 Å². The predicted molar refractivity (Wildman–Crippen MR) is 107 cm³/mol. The van der Waals surface area contributed by atoms with Gasteiger partial charge in [-0.05, 0) is 62.4 Å². The molecule has 0 unspecified atom stereocenters. The molecule has 0 aromatic heterocycles. The van der Waals surface area contributed by atoms with Gasteiger partial charge in [0.25, 0.3) is 5.91 Å². The van der Waals surface area contributed by atoms with Crippen molar-refractivity contribution in [2.24, 2.45) is 5.92 Å². The van der Waals surface area contributed by atoms with Gasteiger partial charge < -0.3 is 5.32 Å². The summed E-state index contributed by atoms with van der Waals surface area (Å²) < 4.78 is 0. The highest BCUT2D eigenvalue weighted by Crippen LogP contribution is 2.18. The average Bonchev–Trinajstić information content (AvgIpc) is 2.63. The van der Waals surface area contributed by atoms with Crippen LogP contribution in [0.5, 0.6) is 0 Å². The summed E-state index contributed by atoms with van der Waals surface area (Å²) in [4.78, 5) is 15.0. The van der Waals surface area contributed by atoms with Crippen molar-refractivity contribution in [3.8, 4) is 0 Å². The highest BCUT2D eigenvalue weighted by atomic mass is 16.1. The number of nitrogens with zero attached hydrogens (tertiary/aromatic N) is 1. The molecule has 1 amide bonds. The molecule has 3 nitrogen and oxygen atoms in total. The van der Waals surface area contributed by atoms with Gasteiger partial charge in [0.15, 0.2) is 0 Å². The van der Waals surface area contributed by atoms with Crippen molar-refractivity contribution in [3.05, 3.63) is 70.8 Å². The largest absolute Gasteiger partial charge is 0.346 e. The minimum Gasteiger partial charge on any atom is -0.346 e. The smallest absolute Gasteiger partial charge is 0.251 e. The Bertz CT molecular complexity index is 721. The minimum absolute atomic E-state index is 0.00221. The molecule has 3 heteroatoms. The molecule has 2 aromatic rings. The zero-order valence-electron chi connectivity index (χ0n) is 16.2. The van der Waals surface area contributed by atoms with Crippen molar-refractivity contribution < 1.29 is 4.79 Å². The molecule has 2 atom stereocenters. The van der Waals surface area contributed by atoms with Crippen molar-refractivity contribution >= 4 is 5.91 Å². The molecular formula is C23H30N2O. The molecular weight excluding hydrogens is 320 g/mol. The van der Waals surface area contributed by atoms with Gasteiger partial charge in [0.05, 0.1) is 6.04 Å². The van der Waals surface area contributed by atoms with E-state index in [1.807, 2.05) is 19.1 Å². The van der Waals surface area contributed by atoms with Crippen LogP contribution in [0.15, 0.2) is 48.5 Å². The van der Waals surface area contributed by atoms with E-state index >= 15 is 0 Å². The fourth-order valence-electron chi connectivity index (χ4n) is 3.67. The summed E-state index contributed by atoms with van der Waals surface area (Å²) in [5, 5.41) is 3.09. The summed E-state index contributed by atoms with van der Waals surface area (Å²) in [5.41, 5.74) is 4.35. The standard InChI is InChI=1S/C23H30N2O/c1-17-6-10-21(11-7-17)19(3)24-23(26)22-12-8-20(9-13-22)16-25-14-4-5-18(2)15-25/h6-13,18-19H,4-5,14-16H2,1-3H3,(H,24,26)/t18-,19+/m0/s1. The molecule has 138 valence electrons. The molecule has 26 heavy (non-hydrogen) atoms. The summed E-state index contributed by atoms with van der Waals surface area (Å²) in [6.07, 6.45) is 2.63. The monoisotopic (exact) mass is 350 g/mol. The third kappa shape index (κ3) is 4.95. The van der Waals surface area contributed by atoms with Crippen molar-refractivity contribution in [2.75, 3.05) is 13.1 Å². The zero-order chi connectivity index (χ0) is 18.5. The number of piperidine rings is 1. The van der Waals surface area contributed by atoms with E-state index in [1.54, 1.807) is 0 Å². The molecule has 3 rings (SSSR count). The Morgan fingerprint density at radius 2 is 1.85 bits per heavy atom. The molecule has 1 aliphatic rings. The van der Waals surface area contributed by atoms with E-state index in [0.29, 0.717) is 0 Å². The first-order chi connectivity index (χ1) is 12.5. The molecule has 1 aliphatic heterocycles. The first-order valence-electron chi connectivity index (χ1n) is 9.70. The summed E-state index contributed by atoms with van der Waals surface area (Å²) in [6.45, 7) is 9.76. The van der Waals surface area contributed by atoms with E-state index < -0.39 is 0 Å². The van der Waals surface area contributed by atoms with Crippen LogP contribution in [-0.2, 0) is 6.54 Å². The molecule has 2 aromatic carbocycles. The van der Waals surface area contributed by atoms with Gasteiger partial charge in [0.1, 0.15) is 0 Å². The van der Waals surface area contributed by atoms with Gasteiger partial charge in [-0.2, -0.15) is 0 Å². The average molecular weight is 351 g/mol. The van der Waals surface area contributed by atoms with Gasteiger partial charge in [-0.3, -0.25) is 9.69 Å². The fraction of sp³-hybridized carbons (Fsp3) is 0.435. The number of rotatable bonds is 5. The fourth-order valence-corrected chi connectivity index (χ4v) is 3.67. The van der Waals surface area contributed by atoms with Gasteiger partial charge in [0.2, 0.25) is 0 Å². The SMILES string of the molecule is Cc1ccc([C@@H](C)NC(=O)c2ccc(CN3CCC[C@H](C)C3)cc2)cc1. The number of amides is 1. The van der Waals surface area contributed by atoms with E-state index in [2.05, 4.69) is 60.5 Å². The van der Waals surface area contributed by atoms with Crippen LogP contribution in [0.25, 0.3) is 0 Å². The van der Waals surface area contributed by atoms with E-state index in [1.165, 1.54) is 37.1 Å². The molecule has 1 fully saturated rings. The maximum Gasteiger partial charge on any atom is 0.251 e. The number of hydrogen-bond donors (Lipinski definition) is 1. The lowest BCUT2D eigenvalue weighted by molar-refractivity contribution is 0.0940. The van der Waals surface area contributed by atoms with Gasteiger partial charge in [-0.25, -0.2) is 0 Å². The van der Waals surface area contributed by atoms with Crippen molar-refractivity contribution in [1.82, 2.24) is 10.2 Å². The van der Waals surface area contributed by atoms with E-state index in [4.69, 9.17) is 0 Å². The Morgan fingerprint density at radius 1 is 1.15 bits per heavy atom. The second-order valence-electron chi connectivity index (χ2n) is 7.79. The first-order valence-corrected chi connectivity index (χ1v) is 9.70. The Balaban J connectivity index is 1.57. The second-order valence-corrected chi connectivity index (χ2v) is 7.79. The predicted octanol–water partition coefficient (Wildman–Crippen LogP) is 4.72. The van der Waals surface area contributed by atoms with Gasteiger partial charge in [0, 0.05) is 18.7 Å². The lowest BCUT2D eigenvalue weighted by atomic mass is 9.99. The van der Waals surface area contributed by atoms with Crippen molar-refractivity contribution in [2.45, 2.75) is 46.2 Å². The second kappa shape index (κ2) is 8.50. The zero-order valence-corrected chi connectivity index (χ0v) is 16.2. The molecule has 0 spiro atoms. The summed E-state index contributed by atoms with van der Waals surface area (Å²) in [7, 11) is 0. The Hall–Kier alpha value is -2.13. The lowest BCUT2D eigenvalue weighted by Gasteiger charge is -2.30. The van der Waals surface area contributed by atoms with Crippen LogP contribution in [0, 0.1) is 12.8 Å². The maximum atomic E-state index is 12.5. The van der Waals surface area contributed by atoms with Crippen molar-refractivity contribution in [3.63, 3.8) is 0 Å². The molecule has 1 saturated heterocycles. The number of nitrogens with one attached hydrogen (secondary N) is 1. The van der Waals surface area contributed by atoms with Crippen LogP contribution in [-0.4, -0.2) is 23.9 Å². The van der Waals surface area contributed by atoms with E-state index in [-0.39, 0.29) is 11.9 Å². The quantitative estimate of drug-likeness (QED) is 0.846. The van der Waals surface area contributed by atoms with E-state index in [9.17, 15) is 4.79 Å². The van der Waals surface area contributed by atoms with Crippen LogP contribution < -0.4 is 5.32 Å². The molecule has 0 radical (unpaired) electrons. The Kier molecular flexibility index (Phi) is 6.10. The van der Waals surface area contributed by atoms with Crippen LogP contribution >= 0.6 is 0 Å². The van der Waals surface area contributed by atoms with E-state index in [0.717, 1.165) is 23.6 Å². The topological polar surface area (TPSA) is 32.3 Å². The molecule has 0 saturated carbocycles. The highest BCUT2D eigenvalue weighted by Gasteiger charge is 2.16. The third-order valence-electron chi connectivity index (χ3n) is 5.29. The molecule has 1 N–H and O–H groups in total. The highest BCUT2D eigenvalue weighted by molar-refractivity contribution is 5.94.